The van der Waals surface area contributed by atoms with Gasteiger partial charge in [0.25, 0.3) is 0 Å². The number of ketones is 1. The molecule has 0 bridgehead atoms. The number of nitrogens with zero attached hydrogens (tertiary/aromatic N) is 2. The molecule has 1 unspecified atom stereocenters. The summed E-state index contributed by atoms with van der Waals surface area (Å²) in [5.41, 5.74) is 0. The predicted molar refractivity (Wildman–Crippen MR) is 67.3 cm³/mol. The Morgan fingerprint density at radius 2 is 1.89 bits per heavy atom. The van der Waals surface area contributed by atoms with Gasteiger partial charge in [-0.05, 0) is 26.3 Å². The molecule has 1 amide bonds. The van der Waals surface area contributed by atoms with Gasteiger partial charge in [0.2, 0.25) is 5.91 Å². The molecule has 0 aromatic rings. The second-order valence-corrected chi connectivity index (χ2v) is 5.09. The van der Waals surface area contributed by atoms with Crippen LogP contribution in [0.5, 0.6) is 0 Å². The summed E-state index contributed by atoms with van der Waals surface area (Å²) in [4.78, 5) is 27.6. The van der Waals surface area contributed by atoms with Crippen molar-refractivity contribution in [2.45, 2.75) is 32.2 Å². The summed E-state index contributed by atoms with van der Waals surface area (Å²) >= 11 is 0. The van der Waals surface area contributed by atoms with Crippen molar-refractivity contribution in [3.8, 4) is 0 Å². The minimum Gasteiger partial charge on any atom is -0.378 e. The Morgan fingerprint density at radius 3 is 2.56 bits per heavy atom. The molecule has 0 saturated carbocycles. The molecule has 5 heteroatoms. The van der Waals surface area contributed by atoms with Crippen LogP contribution in [-0.2, 0) is 14.3 Å². The molecule has 0 N–H and O–H groups in total. The topological polar surface area (TPSA) is 49.9 Å². The lowest BCUT2D eigenvalue weighted by molar-refractivity contribution is -0.138. The summed E-state index contributed by atoms with van der Waals surface area (Å²) in [5.74, 6) is 0.316. The average Bonchev–Trinajstić information content (AvgIpc) is 2.40. The van der Waals surface area contributed by atoms with E-state index in [-0.39, 0.29) is 17.7 Å². The van der Waals surface area contributed by atoms with Gasteiger partial charge in [-0.1, -0.05) is 6.42 Å². The Kier molecular flexibility index (Phi) is 4.72. The van der Waals surface area contributed by atoms with Crippen molar-refractivity contribution in [1.82, 2.24) is 9.80 Å². The zero-order valence-corrected chi connectivity index (χ0v) is 11.1. The number of carbonyl (C=O) groups excluding carboxylic acids is 2. The van der Waals surface area contributed by atoms with E-state index in [4.69, 9.17) is 4.74 Å². The fourth-order valence-electron chi connectivity index (χ4n) is 2.73. The van der Waals surface area contributed by atoms with Crippen molar-refractivity contribution >= 4 is 11.7 Å². The second-order valence-electron chi connectivity index (χ2n) is 5.09. The smallest absolute Gasteiger partial charge is 0.236 e. The van der Waals surface area contributed by atoms with Crippen LogP contribution in [0.4, 0.5) is 0 Å². The summed E-state index contributed by atoms with van der Waals surface area (Å²) in [7, 11) is 0. The largest absolute Gasteiger partial charge is 0.378 e. The maximum absolute atomic E-state index is 12.2. The summed E-state index contributed by atoms with van der Waals surface area (Å²) in [6.45, 7) is 5.48. The van der Waals surface area contributed by atoms with Crippen molar-refractivity contribution in [2.24, 2.45) is 0 Å². The predicted octanol–water partition coefficient (Wildman–Crippen LogP) is 0.289. The maximum atomic E-state index is 12.2. The van der Waals surface area contributed by atoms with Crippen molar-refractivity contribution in [2.75, 3.05) is 39.4 Å². The maximum Gasteiger partial charge on any atom is 0.236 e. The van der Waals surface area contributed by atoms with Crippen LogP contribution in [0.1, 0.15) is 26.2 Å². The van der Waals surface area contributed by atoms with Gasteiger partial charge in [-0.3, -0.25) is 14.5 Å². The van der Waals surface area contributed by atoms with Gasteiger partial charge in [-0.2, -0.15) is 0 Å². The van der Waals surface area contributed by atoms with Crippen LogP contribution in [-0.4, -0.2) is 66.9 Å². The van der Waals surface area contributed by atoms with Gasteiger partial charge in [-0.25, -0.2) is 0 Å². The second kappa shape index (κ2) is 6.29. The number of hydrogen-bond acceptors (Lipinski definition) is 4. The molecular formula is C13H22N2O3. The fourth-order valence-corrected chi connectivity index (χ4v) is 2.73. The first kappa shape index (κ1) is 13.5. The highest BCUT2D eigenvalue weighted by atomic mass is 16.5. The molecule has 1 atom stereocenters. The number of ether oxygens (including phenoxy) is 1. The zero-order chi connectivity index (χ0) is 13.0. The molecule has 2 fully saturated rings. The van der Waals surface area contributed by atoms with Crippen molar-refractivity contribution in [3.63, 3.8) is 0 Å². The van der Waals surface area contributed by atoms with E-state index in [0.29, 0.717) is 32.8 Å². The number of hydrogen-bond donors (Lipinski definition) is 0. The molecule has 0 aromatic heterocycles. The Morgan fingerprint density at radius 1 is 1.17 bits per heavy atom. The molecule has 2 aliphatic heterocycles. The summed E-state index contributed by atoms with van der Waals surface area (Å²) in [5, 5.41) is 0. The minimum atomic E-state index is -0.0521. The Balaban J connectivity index is 1.89. The molecular weight excluding hydrogens is 232 g/mol. The van der Waals surface area contributed by atoms with Crippen LogP contribution < -0.4 is 0 Å². The number of morpholine rings is 1. The first-order valence-corrected chi connectivity index (χ1v) is 6.78. The zero-order valence-electron chi connectivity index (χ0n) is 11.1. The minimum absolute atomic E-state index is 0.0521. The molecule has 18 heavy (non-hydrogen) atoms. The summed E-state index contributed by atoms with van der Waals surface area (Å²) in [6, 6.07) is -0.0521. The van der Waals surface area contributed by atoms with E-state index < -0.39 is 0 Å². The molecule has 0 spiro atoms. The third-order valence-electron chi connectivity index (χ3n) is 3.79. The molecule has 5 nitrogen and oxygen atoms in total. The van der Waals surface area contributed by atoms with Crippen molar-refractivity contribution in [3.05, 3.63) is 0 Å². The first-order valence-electron chi connectivity index (χ1n) is 6.78. The number of Topliss-reactive ketones (excluding diaryl/α,β-unsaturated/α-hetero) is 1. The van der Waals surface area contributed by atoms with Gasteiger partial charge in [0.1, 0.15) is 5.78 Å². The quantitative estimate of drug-likeness (QED) is 0.726. The molecule has 2 rings (SSSR count). The Labute approximate surface area is 108 Å². The van der Waals surface area contributed by atoms with E-state index in [0.717, 1.165) is 25.8 Å². The normalized spacial score (nSPS) is 26.1. The van der Waals surface area contributed by atoms with Crippen LogP contribution in [0.25, 0.3) is 0 Å². The molecule has 0 aliphatic carbocycles. The summed E-state index contributed by atoms with van der Waals surface area (Å²) in [6.07, 6.45) is 3.07. The SMILES string of the molecule is CC(=O)C1CCCCN1CC(=O)N1CCOCC1. The molecule has 2 saturated heterocycles. The van der Waals surface area contributed by atoms with Crippen molar-refractivity contribution < 1.29 is 14.3 Å². The summed E-state index contributed by atoms with van der Waals surface area (Å²) < 4.78 is 5.24. The number of likely N-dealkylation sites (tertiary alicyclic amines) is 1. The number of amides is 1. The number of piperidine rings is 1. The van der Waals surface area contributed by atoms with Crippen LogP contribution in [0.15, 0.2) is 0 Å². The van der Waals surface area contributed by atoms with Gasteiger partial charge in [0.05, 0.1) is 25.8 Å². The lowest BCUT2D eigenvalue weighted by Crippen LogP contribution is -2.51. The molecule has 2 aliphatic rings. The van der Waals surface area contributed by atoms with Gasteiger partial charge >= 0.3 is 0 Å². The molecule has 2 heterocycles. The van der Waals surface area contributed by atoms with E-state index in [1.54, 1.807) is 6.92 Å². The monoisotopic (exact) mass is 254 g/mol. The fraction of sp³-hybridized carbons (Fsp3) is 0.846. The van der Waals surface area contributed by atoms with Crippen LogP contribution in [0.2, 0.25) is 0 Å². The first-order chi connectivity index (χ1) is 8.68. The van der Waals surface area contributed by atoms with Gasteiger partial charge in [0, 0.05) is 13.1 Å². The molecule has 102 valence electrons. The lowest BCUT2D eigenvalue weighted by Gasteiger charge is -2.35. The number of rotatable bonds is 3. The van der Waals surface area contributed by atoms with E-state index in [1.165, 1.54) is 0 Å². The average molecular weight is 254 g/mol. The highest BCUT2D eigenvalue weighted by Gasteiger charge is 2.29. The standard InChI is InChI=1S/C13H22N2O3/c1-11(16)12-4-2-3-5-15(12)10-13(17)14-6-8-18-9-7-14/h12H,2-10H2,1H3. The highest BCUT2D eigenvalue weighted by Crippen LogP contribution is 2.17. The number of carbonyl (C=O) groups is 2. The lowest BCUT2D eigenvalue weighted by atomic mass is 9.99. The van der Waals surface area contributed by atoms with E-state index in [9.17, 15) is 9.59 Å². The third-order valence-corrected chi connectivity index (χ3v) is 3.79. The van der Waals surface area contributed by atoms with Gasteiger partial charge < -0.3 is 9.64 Å². The van der Waals surface area contributed by atoms with Crippen molar-refractivity contribution in [1.29, 1.82) is 0 Å². The van der Waals surface area contributed by atoms with Crippen LogP contribution >= 0.6 is 0 Å². The highest BCUT2D eigenvalue weighted by molar-refractivity contribution is 5.83. The molecule has 0 radical (unpaired) electrons. The Hall–Kier alpha value is -0.940. The Bertz CT molecular complexity index is 313. The van der Waals surface area contributed by atoms with Crippen LogP contribution in [0, 0.1) is 0 Å². The third kappa shape index (κ3) is 3.29. The van der Waals surface area contributed by atoms with E-state index in [1.807, 2.05) is 9.80 Å². The van der Waals surface area contributed by atoms with Gasteiger partial charge in [0.15, 0.2) is 0 Å². The van der Waals surface area contributed by atoms with E-state index in [2.05, 4.69) is 0 Å². The van der Waals surface area contributed by atoms with E-state index >= 15 is 0 Å². The molecule has 0 aromatic carbocycles. The van der Waals surface area contributed by atoms with Crippen LogP contribution in [0.3, 0.4) is 0 Å². The van der Waals surface area contributed by atoms with Gasteiger partial charge in [-0.15, -0.1) is 0 Å².